The van der Waals surface area contributed by atoms with Crippen LogP contribution >= 0.6 is 34.0 Å². The molecular formula is C114H72N12S3. The lowest BCUT2D eigenvalue weighted by Crippen LogP contribution is -1.95. The molecule has 0 N–H and O–H groups in total. The maximum absolute atomic E-state index is 5.16. The van der Waals surface area contributed by atoms with E-state index in [1.807, 2.05) is 137 Å². The molecule has 24 aromatic rings. The number of hydrogen-bond donors (Lipinski definition) is 0. The van der Waals surface area contributed by atoms with Gasteiger partial charge in [-0.25, -0.2) is 29.9 Å². The van der Waals surface area contributed by atoms with Crippen LogP contribution in [-0.4, -0.2) is 59.8 Å². The third-order valence-electron chi connectivity index (χ3n) is 23.0. The number of hydrogen-bond acceptors (Lipinski definition) is 15. The summed E-state index contributed by atoms with van der Waals surface area (Å²) in [6.07, 6.45) is 18.0. The summed E-state index contributed by atoms with van der Waals surface area (Å²) in [4.78, 5) is 56.4. The number of aromatic nitrogens is 12. The Morgan fingerprint density at radius 3 is 0.760 bits per heavy atom. The minimum Gasteiger partial charge on any atom is -0.265 e. The van der Waals surface area contributed by atoms with Crippen molar-refractivity contribution in [3.05, 3.63) is 438 Å². The standard InChI is InChI=1S/3C38H24N4S/c1-2-17-37-31(12-1)32-14-4-13-30(38(32)43-37)25-8-3-9-26(20-25)33-15-5-16-34(41-33)29-21-35(27-10-6-18-39-23-27)42-36(22-29)28-11-7-19-40-24-28;1-2-13-37-31(8-1)32-10-4-9-30(38(32)43-37)27-6-3-7-28(22-27)33-11-5-12-34(41-33)29-23-35(25-14-18-39-19-15-25)42-36(24-29)26-16-20-40-21-17-26;1-2-19-37-29(12-1)30-14-8-13-28(38(30)43-37)25-10-7-11-26(22-25)31-17-9-18-32(41-31)27-23-35(33-15-3-5-20-39-33)42-36(24-27)34-16-4-6-21-40-34/h3*1-24H. The van der Waals surface area contributed by atoms with Crippen LogP contribution in [0.2, 0.25) is 0 Å². The van der Waals surface area contributed by atoms with Crippen molar-refractivity contribution in [1.29, 1.82) is 0 Å². The molecule has 0 bridgehead atoms. The zero-order valence-electron chi connectivity index (χ0n) is 69.2. The predicted molar refractivity (Wildman–Crippen MR) is 533 cm³/mol. The molecule has 0 saturated heterocycles. The number of nitrogens with zero attached hydrogens (tertiary/aromatic N) is 12. The van der Waals surface area contributed by atoms with Crippen LogP contribution in [0.25, 0.3) is 229 Å². The highest BCUT2D eigenvalue weighted by Crippen LogP contribution is 2.46. The van der Waals surface area contributed by atoms with Gasteiger partial charge in [0.15, 0.2) is 0 Å². The van der Waals surface area contributed by atoms with Gasteiger partial charge in [0.2, 0.25) is 0 Å². The Hall–Kier alpha value is -16.6. The van der Waals surface area contributed by atoms with Crippen molar-refractivity contribution in [2.75, 3.05) is 0 Å². The second-order valence-electron chi connectivity index (χ2n) is 31.1. The fraction of sp³-hybridized carbons (Fsp3) is 0. The highest BCUT2D eigenvalue weighted by Gasteiger charge is 2.20. The van der Waals surface area contributed by atoms with Gasteiger partial charge in [-0.2, -0.15) is 0 Å². The second kappa shape index (κ2) is 35.2. The predicted octanol–water partition coefficient (Wildman–Crippen LogP) is 29.9. The smallest absolute Gasteiger partial charge is 0.0901 e. The van der Waals surface area contributed by atoms with Crippen molar-refractivity contribution in [2.45, 2.75) is 0 Å². The van der Waals surface area contributed by atoms with Crippen LogP contribution in [-0.2, 0) is 0 Å². The summed E-state index contributed by atoms with van der Waals surface area (Å²) in [5.74, 6) is 0. The quantitative estimate of drug-likeness (QED) is 0.0959. The second-order valence-corrected chi connectivity index (χ2v) is 34.2. The highest BCUT2D eigenvalue weighted by molar-refractivity contribution is 7.27. The molecule has 0 aliphatic rings. The van der Waals surface area contributed by atoms with Gasteiger partial charge in [0.05, 0.1) is 79.7 Å². The SMILES string of the molecule is c1cc(-c2cccc(-c3cc(-c4ccncc4)nc(-c4ccncc4)c3)n2)cc(-c2cccc3c2sc2ccccc23)c1.c1ccc(-c2cc(-c3cccc(-c4cccc(-c5cccc6c5sc5ccccc56)c4)n3)cc(-c3ccccn3)n2)nc1.c1cncc(-c2cc(-c3cccc(-c4cccc(-c5cccc6c5sc5ccccc56)c4)n3)cc(-c3cccnc3)n2)c1. The number of thiophene rings is 3. The Morgan fingerprint density at radius 2 is 0.419 bits per heavy atom. The average molecular weight is 1710 g/mol. The zero-order chi connectivity index (χ0) is 85.8. The number of fused-ring (bicyclic) bond motifs is 9. The van der Waals surface area contributed by atoms with E-state index in [1.165, 1.54) is 93.9 Å². The summed E-state index contributed by atoms with van der Waals surface area (Å²) in [7, 11) is 0. The zero-order valence-corrected chi connectivity index (χ0v) is 71.6. The molecule has 15 heterocycles. The summed E-state index contributed by atoms with van der Waals surface area (Å²) in [6.45, 7) is 0. The maximum atomic E-state index is 5.16. The van der Waals surface area contributed by atoms with E-state index in [0.29, 0.717) is 0 Å². The first-order valence-corrected chi connectivity index (χ1v) is 44.8. The fourth-order valence-corrected chi connectivity index (χ4v) is 20.4. The van der Waals surface area contributed by atoms with Crippen LogP contribution in [0.5, 0.6) is 0 Å². The minimum atomic E-state index is 0.782. The molecule has 15 aromatic heterocycles. The van der Waals surface area contributed by atoms with Gasteiger partial charge >= 0.3 is 0 Å². The van der Waals surface area contributed by atoms with Gasteiger partial charge in [-0.3, -0.25) is 29.9 Å². The third-order valence-corrected chi connectivity index (χ3v) is 26.6. The fourth-order valence-electron chi connectivity index (χ4n) is 16.7. The first-order chi connectivity index (χ1) is 63.9. The Balaban J connectivity index is 0.000000114. The van der Waals surface area contributed by atoms with Crippen molar-refractivity contribution in [3.63, 3.8) is 0 Å². The van der Waals surface area contributed by atoms with E-state index in [0.717, 1.165) is 135 Å². The van der Waals surface area contributed by atoms with Crippen molar-refractivity contribution in [2.24, 2.45) is 0 Å². The Bertz CT molecular complexity index is 7320. The molecule has 0 spiro atoms. The van der Waals surface area contributed by atoms with Gasteiger partial charge in [-0.15, -0.1) is 34.0 Å². The molecule has 0 aliphatic heterocycles. The molecule has 24 rings (SSSR count). The van der Waals surface area contributed by atoms with Crippen molar-refractivity contribution >= 4 is 94.5 Å². The van der Waals surface area contributed by atoms with E-state index in [1.54, 1.807) is 49.6 Å². The van der Waals surface area contributed by atoms with Gasteiger partial charge in [0, 0.05) is 178 Å². The number of pyridine rings is 12. The molecule has 0 unspecified atom stereocenters. The average Bonchev–Trinajstić information content (AvgIpc) is 1.62. The molecule has 0 aliphatic carbocycles. The van der Waals surface area contributed by atoms with Crippen LogP contribution in [0, 0.1) is 0 Å². The van der Waals surface area contributed by atoms with Crippen LogP contribution in [0.15, 0.2) is 438 Å². The molecule has 0 radical (unpaired) electrons. The molecular weight excluding hydrogens is 1630 g/mol. The Morgan fingerprint density at radius 1 is 0.147 bits per heavy atom. The van der Waals surface area contributed by atoms with Gasteiger partial charge in [0.1, 0.15) is 0 Å². The van der Waals surface area contributed by atoms with Crippen LogP contribution < -0.4 is 0 Å². The topological polar surface area (TPSA) is 155 Å². The normalized spacial score (nSPS) is 11.3. The van der Waals surface area contributed by atoms with E-state index in [4.69, 9.17) is 29.9 Å². The third kappa shape index (κ3) is 16.3. The molecule has 0 atom stereocenters. The number of benzene rings is 9. The van der Waals surface area contributed by atoms with Crippen LogP contribution in [0.3, 0.4) is 0 Å². The monoisotopic (exact) mass is 1700 g/mol. The molecule has 0 saturated carbocycles. The van der Waals surface area contributed by atoms with Crippen molar-refractivity contribution < 1.29 is 0 Å². The summed E-state index contributed by atoms with van der Waals surface area (Å²) in [6, 6.07) is 130. The molecule has 12 nitrogen and oxygen atoms in total. The largest absolute Gasteiger partial charge is 0.265 e. The van der Waals surface area contributed by atoms with Crippen LogP contribution in [0.1, 0.15) is 0 Å². The molecule has 0 fully saturated rings. The lowest BCUT2D eigenvalue weighted by molar-refractivity contribution is 1.21. The first-order valence-electron chi connectivity index (χ1n) is 42.4. The van der Waals surface area contributed by atoms with Gasteiger partial charge in [0.25, 0.3) is 0 Å². The van der Waals surface area contributed by atoms with E-state index in [9.17, 15) is 0 Å². The summed E-state index contributed by atoms with van der Waals surface area (Å²) >= 11 is 5.56. The lowest BCUT2D eigenvalue weighted by Gasteiger charge is -2.11. The van der Waals surface area contributed by atoms with Crippen LogP contribution in [0.4, 0.5) is 0 Å². The summed E-state index contributed by atoms with van der Waals surface area (Å²) in [5.41, 5.74) is 29.4. The van der Waals surface area contributed by atoms with Gasteiger partial charge in [-0.1, -0.05) is 194 Å². The molecule has 15 heteroatoms. The van der Waals surface area contributed by atoms with E-state index < -0.39 is 0 Å². The minimum absolute atomic E-state index is 0.782. The molecule has 0 amide bonds. The summed E-state index contributed by atoms with van der Waals surface area (Å²) in [5, 5.41) is 7.83. The molecule has 129 heavy (non-hydrogen) atoms. The number of rotatable bonds is 15. The lowest BCUT2D eigenvalue weighted by atomic mass is 9.99. The van der Waals surface area contributed by atoms with Crippen molar-refractivity contribution in [1.82, 2.24) is 59.8 Å². The van der Waals surface area contributed by atoms with E-state index >= 15 is 0 Å². The van der Waals surface area contributed by atoms with E-state index in [2.05, 4.69) is 315 Å². The van der Waals surface area contributed by atoms with E-state index in [-0.39, 0.29) is 0 Å². The molecule has 606 valence electrons. The Kier molecular flexibility index (Phi) is 21.4. The van der Waals surface area contributed by atoms with Gasteiger partial charge < -0.3 is 0 Å². The van der Waals surface area contributed by atoms with Crippen molar-refractivity contribution in [3.8, 4) is 169 Å². The highest BCUT2D eigenvalue weighted by atomic mass is 32.1. The van der Waals surface area contributed by atoms with Gasteiger partial charge in [-0.05, 0) is 215 Å². The maximum Gasteiger partial charge on any atom is 0.0901 e. The summed E-state index contributed by atoms with van der Waals surface area (Å²) < 4.78 is 7.86. The molecule has 9 aromatic carbocycles. The first kappa shape index (κ1) is 78.4. The Labute approximate surface area is 755 Å².